The van der Waals surface area contributed by atoms with Crippen molar-refractivity contribution >= 4 is 11.6 Å². The summed E-state index contributed by atoms with van der Waals surface area (Å²) < 4.78 is 5.28. The van der Waals surface area contributed by atoms with Gasteiger partial charge in [0.1, 0.15) is 5.75 Å². The first kappa shape index (κ1) is 16.3. The molecule has 0 fully saturated rings. The lowest BCUT2D eigenvalue weighted by molar-refractivity contribution is -0.125. The number of amides is 1. The molecule has 0 spiro atoms. The van der Waals surface area contributed by atoms with E-state index >= 15 is 0 Å². The Bertz CT molecular complexity index is 432. The van der Waals surface area contributed by atoms with Gasteiger partial charge in [-0.05, 0) is 31.0 Å². The van der Waals surface area contributed by atoms with Crippen LogP contribution in [0.4, 0.5) is 5.69 Å². The molecule has 4 heteroatoms. The predicted octanol–water partition coefficient (Wildman–Crippen LogP) is 3.11. The fourth-order valence-electron chi connectivity index (χ4n) is 2.23. The Morgan fingerprint density at radius 3 is 2.75 bits per heavy atom. The zero-order valence-corrected chi connectivity index (χ0v) is 12.7. The Kier molecular flexibility index (Phi) is 6.91. The van der Waals surface area contributed by atoms with Crippen LogP contribution < -0.4 is 15.8 Å². The van der Waals surface area contributed by atoms with E-state index in [9.17, 15) is 4.79 Å². The third kappa shape index (κ3) is 4.76. The Balaban J connectivity index is 2.61. The number of nitrogen functional groups attached to an aromatic ring is 1. The normalized spacial score (nSPS) is 11.9. The molecule has 4 nitrogen and oxygen atoms in total. The van der Waals surface area contributed by atoms with Gasteiger partial charge in [0.05, 0.1) is 7.11 Å². The Morgan fingerprint density at radius 2 is 2.15 bits per heavy atom. The Morgan fingerprint density at radius 1 is 1.40 bits per heavy atom. The number of carbonyl (C=O) groups is 1. The first-order chi connectivity index (χ1) is 9.62. The summed E-state index contributed by atoms with van der Waals surface area (Å²) in [5.41, 5.74) is 7.35. The summed E-state index contributed by atoms with van der Waals surface area (Å²) >= 11 is 0. The number of unbranched alkanes of at least 4 members (excludes halogenated alkanes) is 1. The molecular weight excluding hydrogens is 252 g/mol. The lowest BCUT2D eigenvalue weighted by Gasteiger charge is -2.16. The zero-order valence-electron chi connectivity index (χ0n) is 12.7. The van der Waals surface area contributed by atoms with Crippen molar-refractivity contribution in [3.63, 3.8) is 0 Å². The van der Waals surface area contributed by atoms with E-state index < -0.39 is 0 Å². The molecule has 0 heterocycles. The maximum atomic E-state index is 12.2. The van der Waals surface area contributed by atoms with Crippen LogP contribution in [0.25, 0.3) is 0 Å². The van der Waals surface area contributed by atoms with Crippen LogP contribution in [-0.2, 0) is 11.3 Å². The van der Waals surface area contributed by atoms with E-state index in [2.05, 4.69) is 19.2 Å². The van der Waals surface area contributed by atoms with Crippen LogP contribution in [0.2, 0.25) is 0 Å². The van der Waals surface area contributed by atoms with Gasteiger partial charge in [0.15, 0.2) is 0 Å². The Labute approximate surface area is 121 Å². The molecule has 0 aliphatic carbocycles. The van der Waals surface area contributed by atoms with E-state index in [1.54, 1.807) is 13.2 Å². The average molecular weight is 278 g/mol. The van der Waals surface area contributed by atoms with E-state index in [0.717, 1.165) is 37.0 Å². The van der Waals surface area contributed by atoms with E-state index in [1.165, 1.54) is 0 Å². The SMILES string of the molecule is CCCCC(CC)C(=O)NCc1cc(N)ccc1OC. The summed E-state index contributed by atoms with van der Waals surface area (Å²) in [6.45, 7) is 4.65. The van der Waals surface area contributed by atoms with Crippen molar-refractivity contribution in [3.8, 4) is 5.75 Å². The molecule has 0 aliphatic rings. The van der Waals surface area contributed by atoms with E-state index in [0.29, 0.717) is 12.2 Å². The minimum absolute atomic E-state index is 0.0991. The molecule has 20 heavy (non-hydrogen) atoms. The van der Waals surface area contributed by atoms with Crippen LogP contribution in [0, 0.1) is 5.92 Å². The third-order valence-electron chi connectivity index (χ3n) is 3.53. The van der Waals surface area contributed by atoms with Crippen molar-refractivity contribution in [2.45, 2.75) is 46.1 Å². The maximum Gasteiger partial charge on any atom is 0.223 e. The largest absolute Gasteiger partial charge is 0.496 e. The van der Waals surface area contributed by atoms with Crippen molar-refractivity contribution in [3.05, 3.63) is 23.8 Å². The van der Waals surface area contributed by atoms with Gasteiger partial charge in [0.2, 0.25) is 5.91 Å². The second kappa shape index (κ2) is 8.46. The maximum absolute atomic E-state index is 12.2. The second-order valence-electron chi connectivity index (χ2n) is 5.04. The van der Waals surface area contributed by atoms with E-state index in [1.807, 2.05) is 12.1 Å². The fraction of sp³-hybridized carbons (Fsp3) is 0.562. The quantitative estimate of drug-likeness (QED) is 0.718. The van der Waals surface area contributed by atoms with Crippen molar-refractivity contribution in [2.24, 2.45) is 5.92 Å². The minimum Gasteiger partial charge on any atom is -0.496 e. The van der Waals surface area contributed by atoms with Crippen LogP contribution in [-0.4, -0.2) is 13.0 Å². The highest BCUT2D eigenvalue weighted by atomic mass is 16.5. The molecule has 1 aromatic carbocycles. The number of anilines is 1. The van der Waals surface area contributed by atoms with Gasteiger partial charge in [-0.3, -0.25) is 4.79 Å². The van der Waals surface area contributed by atoms with Crippen LogP contribution in [0.3, 0.4) is 0 Å². The number of benzene rings is 1. The summed E-state index contributed by atoms with van der Waals surface area (Å²) in [5, 5.41) is 2.99. The predicted molar refractivity (Wildman–Crippen MR) is 82.6 cm³/mol. The van der Waals surface area contributed by atoms with Gasteiger partial charge < -0.3 is 15.8 Å². The molecule has 0 saturated carbocycles. The highest BCUT2D eigenvalue weighted by Gasteiger charge is 2.16. The molecule has 1 amide bonds. The zero-order chi connectivity index (χ0) is 15.0. The standard InChI is InChI=1S/C16H26N2O2/c1-4-6-7-12(5-2)16(19)18-11-13-10-14(17)8-9-15(13)20-3/h8-10,12H,4-7,11,17H2,1-3H3,(H,18,19). The van der Waals surface area contributed by atoms with Gasteiger partial charge in [-0.15, -0.1) is 0 Å². The number of hydrogen-bond donors (Lipinski definition) is 2. The smallest absolute Gasteiger partial charge is 0.223 e. The molecule has 112 valence electrons. The molecular formula is C16H26N2O2. The van der Waals surface area contributed by atoms with E-state index in [-0.39, 0.29) is 11.8 Å². The number of nitrogens with two attached hydrogens (primary N) is 1. The number of methoxy groups -OCH3 is 1. The summed E-state index contributed by atoms with van der Waals surface area (Å²) in [6.07, 6.45) is 4.03. The molecule has 0 saturated heterocycles. The van der Waals surface area contributed by atoms with Crippen molar-refractivity contribution in [1.29, 1.82) is 0 Å². The van der Waals surface area contributed by atoms with Crippen LogP contribution in [0.1, 0.15) is 45.1 Å². The first-order valence-corrected chi connectivity index (χ1v) is 7.32. The second-order valence-corrected chi connectivity index (χ2v) is 5.04. The number of rotatable bonds is 8. The van der Waals surface area contributed by atoms with Crippen molar-refractivity contribution in [1.82, 2.24) is 5.32 Å². The highest BCUT2D eigenvalue weighted by molar-refractivity contribution is 5.78. The van der Waals surface area contributed by atoms with Gasteiger partial charge in [0, 0.05) is 23.7 Å². The van der Waals surface area contributed by atoms with Gasteiger partial charge in [-0.1, -0.05) is 26.7 Å². The molecule has 0 bridgehead atoms. The topological polar surface area (TPSA) is 64.4 Å². The monoisotopic (exact) mass is 278 g/mol. The van der Waals surface area contributed by atoms with Crippen LogP contribution >= 0.6 is 0 Å². The lowest BCUT2D eigenvalue weighted by Crippen LogP contribution is -2.30. The van der Waals surface area contributed by atoms with Crippen LogP contribution in [0.15, 0.2) is 18.2 Å². The molecule has 1 aromatic rings. The summed E-state index contributed by atoms with van der Waals surface area (Å²) in [7, 11) is 1.62. The lowest BCUT2D eigenvalue weighted by atomic mass is 9.98. The number of hydrogen-bond acceptors (Lipinski definition) is 3. The Hall–Kier alpha value is -1.71. The van der Waals surface area contributed by atoms with Gasteiger partial charge in [-0.2, -0.15) is 0 Å². The van der Waals surface area contributed by atoms with Gasteiger partial charge in [-0.25, -0.2) is 0 Å². The van der Waals surface area contributed by atoms with Crippen molar-refractivity contribution in [2.75, 3.05) is 12.8 Å². The first-order valence-electron chi connectivity index (χ1n) is 7.32. The van der Waals surface area contributed by atoms with Crippen molar-refractivity contribution < 1.29 is 9.53 Å². The summed E-state index contributed by atoms with van der Waals surface area (Å²) in [6, 6.07) is 5.46. The van der Waals surface area contributed by atoms with Gasteiger partial charge in [0.25, 0.3) is 0 Å². The van der Waals surface area contributed by atoms with Gasteiger partial charge >= 0.3 is 0 Å². The molecule has 1 atom stereocenters. The highest BCUT2D eigenvalue weighted by Crippen LogP contribution is 2.21. The number of carbonyl (C=O) groups excluding carboxylic acids is 1. The molecule has 1 rings (SSSR count). The summed E-state index contributed by atoms with van der Waals surface area (Å²) in [4.78, 5) is 12.2. The molecule has 0 aliphatic heterocycles. The molecule has 0 radical (unpaired) electrons. The van der Waals surface area contributed by atoms with Crippen LogP contribution in [0.5, 0.6) is 5.75 Å². The average Bonchev–Trinajstić information content (AvgIpc) is 2.46. The molecule has 0 aromatic heterocycles. The fourth-order valence-corrected chi connectivity index (χ4v) is 2.23. The van der Waals surface area contributed by atoms with E-state index in [4.69, 9.17) is 10.5 Å². The summed E-state index contributed by atoms with van der Waals surface area (Å²) in [5.74, 6) is 0.966. The minimum atomic E-state index is 0.0991. The number of ether oxygens (including phenoxy) is 1. The third-order valence-corrected chi connectivity index (χ3v) is 3.53. The molecule has 3 N–H and O–H groups in total. The number of nitrogens with one attached hydrogen (secondary N) is 1. The molecule has 1 unspecified atom stereocenters.